The number of aliphatic hydroxyl groups excluding tert-OH is 3. The third-order valence-electron chi connectivity index (χ3n) is 4.54. The van der Waals surface area contributed by atoms with E-state index in [4.69, 9.17) is 5.11 Å². The summed E-state index contributed by atoms with van der Waals surface area (Å²) in [5, 5.41) is 38.6. The Bertz CT molecular complexity index is 228. The quantitative estimate of drug-likeness (QED) is 0.552. The fourth-order valence-electron chi connectivity index (χ4n) is 2.97. The van der Waals surface area contributed by atoms with Gasteiger partial charge in [0.25, 0.3) is 0 Å². The zero-order valence-electron chi connectivity index (χ0n) is 11.4. The van der Waals surface area contributed by atoms with Gasteiger partial charge in [-0.1, -0.05) is 39.0 Å². The van der Waals surface area contributed by atoms with Crippen LogP contribution in [0.5, 0.6) is 0 Å². The van der Waals surface area contributed by atoms with E-state index in [0.29, 0.717) is 12.3 Å². The first-order valence-electron chi connectivity index (χ1n) is 7.15. The summed E-state index contributed by atoms with van der Waals surface area (Å²) in [6.45, 7) is 1.15. The molecule has 0 bridgehead atoms. The maximum atomic E-state index is 10.2. The van der Waals surface area contributed by atoms with Gasteiger partial charge in [0.1, 0.15) is 0 Å². The van der Waals surface area contributed by atoms with Crippen LogP contribution in [0.4, 0.5) is 0 Å². The van der Waals surface area contributed by atoms with E-state index in [2.05, 4.69) is 0 Å². The van der Waals surface area contributed by atoms with Crippen LogP contribution >= 0.6 is 0 Å². The predicted molar refractivity (Wildman–Crippen MR) is 70.1 cm³/mol. The van der Waals surface area contributed by atoms with Crippen LogP contribution in [0.2, 0.25) is 0 Å². The van der Waals surface area contributed by atoms with Crippen molar-refractivity contribution in [1.82, 2.24) is 0 Å². The lowest BCUT2D eigenvalue weighted by atomic mass is 9.77. The van der Waals surface area contributed by atoms with Crippen molar-refractivity contribution in [1.29, 1.82) is 0 Å². The van der Waals surface area contributed by atoms with Gasteiger partial charge in [-0.25, -0.2) is 0 Å². The Morgan fingerprint density at radius 2 is 1.78 bits per heavy atom. The minimum absolute atomic E-state index is 0.104. The summed E-state index contributed by atoms with van der Waals surface area (Å²) in [7, 11) is 0. The molecule has 18 heavy (non-hydrogen) atoms. The maximum absolute atomic E-state index is 10.2. The van der Waals surface area contributed by atoms with Crippen molar-refractivity contribution < 1.29 is 20.4 Å². The van der Waals surface area contributed by atoms with E-state index in [9.17, 15) is 15.3 Å². The Kier molecular flexibility index (Phi) is 6.57. The van der Waals surface area contributed by atoms with Gasteiger partial charge < -0.3 is 20.4 Å². The second-order valence-electron chi connectivity index (χ2n) is 5.83. The molecule has 0 aromatic carbocycles. The number of rotatable bonds is 7. The third-order valence-corrected chi connectivity index (χ3v) is 4.54. The topological polar surface area (TPSA) is 80.9 Å². The summed E-state index contributed by atoms with van der Waals surface area (Å²) in [5.41, 5.74) is -1.37. The number of hydrogen-bond acceptors (Lipinski definition) is 4. The third kappa shape index (κ3) is 4.19. The van der Waals surface area contributed by atoms with Crippen molar-refractivity contribution >= 4 is 0 Å². The van der Waals surface area contributed by atoms with Crippen molar-refractivity contribution in [3.8, 4) is 0 Å². The maximum Gasteiger partial charge on any atom is 0.0949 e. The molecule has 1 aliphatic carbocycles. The van der Waals surface area contributed by atoms with Crippen LogP contribution in [-0.4, -0.2) is 45.3 Å². The first-order chi connectivity index (χ1) is 8.53. The van der Waals surface area contributed by atoms with Gasteiger partial charge in [0.05, 0.1) is 18.3 Å². The van der Waals surface area contributed by atoms with E-state index in [1.54, 1.807) is 6.92 Å². The molecule has 0 aromatic rings. The van der Waals surface area contributed by atoms with Crippen LogP contribution < -0.4 is 0 Å². The lowest BCUT2D eigenvalue weighted by Gasteiger charge is -2.36. The lowest BCUT2D eigenvalue weighted by Crippen LogP contribution is -2.47. The zero-order valence-corrected chi connectivity index (χ0v) is 11.4. The van der Waals surface area contributed by atoms with Gasteiger partial charge in [0.2, 0.25) is 0 Å². The van der Waals surface area contributed by atoms with Gasteiger partial charge in [-0.3, -0.25) is 0 Å². The molecule has 0 amide bonds. The van der Waals surface area contributed by atoms with E-state index in [0.717, 1.165) is 12.8 Å². The van der Waals surface area contributed by atoms with E-state index < -0.39 is 24.2 Å². The normalized spacial score (nSPS) is 24.5. The summed E-state index contributed by atoms with van der Waals surface area (Å²) >= 11 is 0. The van der Waals surface area contributed by atoms with Crippen molar-refractivity contribution in [2.75, 3.05) is 13.2 Å². The average molecular weight is 260 g/mol. The number of hydrogen-bond donors (Lipinski definition) is 4. The van der Waals surface area contributed by atoms with Crippen molar-refractivity contribution in [2.24, 2.45) is 11.8 Å². The minimum Gasteiger partial charge on any atom is -0.396 e. The Morgan fingerprint density at radius 3 is 2.28 bits per heavy atom. The number of aliphatic hydroxyl groups is 4. The first-order valence-corrected chi connectivity index (χ1v) is 7.15. The highest BCUT2D eigenvalue weighted by Crippen LogP contribution is 2.32. The molecule has 0 spiro atoms. The van der Waals surface area contributed by atoms with E-state index in [-0.39, 0.29) is 13.0 Å². The van der Waals surface area contributed by atoms with Gasteiger partial charge in [-0.05, 0) is 12.3 Å². The molecule has 108 valence electrons. The highest BCUT2D eigenvalue weighted by molar-refractivity contribution is 4.88. The second kappa shape index (κ2) is 7.43. The minimum atomic E-state index is -1.37. The smallest absolute Gasteiger partial charge is 0.0949 e. The van der Waals surface area contributed by atoms with E-state index >= 15 is 0 Å². The van der Waals surface area contributed by atoms with Gasteiger partial charge in [0.15, 0.2) is 0 Å². The highest BCUT2D eigenvalue weighted by atomic mass is 16.3. The molecule has 1 rings (SSSR count). The largest absolute Gasteiger partial charge is 0.396 e. The standard InChI is InChI=1S/C14H28O4/c1-11(14(18,10-16)7-8-15)13(17)9-12-5-3-2-4-6-12/h11-13,15-18H,2-10H2,1H3. The summed E-state index contributed by atoms with van der Waals surface area (Å²) in [4.78, 5) is 0. The van der Waals surface area contributed by atoms with E-state index in [1.807, 2.05) is 0 Å². The molecule has 0 aliphatic heterocycles. The lowest BCUT2D eigenvalue weighted by molar-refractivity contribution is -0.110. The molecule has 0 aromatic heterocycles. The predicted octanol–water partition coefficient (Wildman–Crippen LogP) is 1.06. The molecule has 1 aliphatic rings. The summed E-state index contributed by atoms with van der Waals surface area (Å²) in [5.74, 6) is 0.116. The van der Waals surface area contributed by atoms with Crippen LogP contribution in [-0.2, 0) is 0 Å². The molecule has 0 radical (unpaired) electrons. The Hall–Kier alpha value is -0.160. The van der Waals surface area contributed by atoms with Crippen LogP contribution in [0.15, 0.2) is 0 Å². The Morgan fingerprint density at radius 1 is 1.17 bits per heavy atom. The van der Waals surface area contributed by atoms with E-state index in [1.165, 1.54) is 19.3 Å². The van der Waals surface area contributed by atoms with Crippen LogP contribution in [0.1, 0.15) is 51.9 Å². The SMILES string of the molecule is CC(C(O)CC1CCCCC1)C(O)(CO)CCO. The zero-order chi connectivity index (χ0) is 13.6. The van der Waals surface area contributed by atoms with Crippen LogP contribution in [0, 0.1) is 11.8 Å². The molecule has 4 N–H and O–H groups in total. The van der Waals surface area contributed by atoms with Crippen molar-refractivity contribution in [2.45, 2.75) is 63.6 Å². The fraction of sp³-hybridized carbons (Fsp3) is 1.00. The van der Waals surface area contributed by atoms with Crippen LogP contribution in [0.25, 0.3) is 0 Å². The Labute approximate surface area is 110 Å². The molecular weight excluding hydrogens is 232 g/mol. The second-order valence-corrected chi connectivity index (χ2v) is 5.83. The molecule has 0 saturated heterocycles. The summed E-state index contributed by atoms with van der Waals surface area (Å²) < 4.78 is 0. The molecule has 1 fully saturated rings. The van der Waals surface area contributed by atoms with Crippen molar-refractivity contribution in [3.05, 3.63) is 0 Å². The van der Waals surface area contributed by atoms with Gasteiger partial charge in [0, 0.05) is 18.9 Å². The van der Waals surface area contributed by atoms with Gasteiger partial charge >= 0.3 is 0 Å². The molecular formula is C14H28O4. The summed E-state index contributed by atoms with van der Waals surface area (Å²) in [6.07, 6.45) is 6.23. The molecule has 3 atom stereocenters. The fourth-order valence-corrected chi connectivity index (χ4v) is 2.97. The molecule has 3 unspecified atom stereocenters. The van der Waals surface area contributed by atoms with Gasteiger partial charge in [-0.15, -0.1) is 0 Å². The van der Waals surface area contributed by atoms with Gasteiger partial charge in [-0.2, -0.15) is 0 Å². The monoisotopic (exact) mass is 260 g/mol. The highest BCUT2D eigenvalue weighted by Gasteiger charge is 2.37. The summed E-state index contributed by atoms with van der Waals surface area (Å²) in [6, 6.07) is 0. The van der Waals surface area contributed by atoms with Crippen molar-refractivity contribution in [3.63, 3.8) is 0 Å². The van der Waals surface area contributed by atoms with Crippen LogP contribution in [0.3, 0.4) is 0 Å². The molecule has 1 saturated carbocycles. The molecule has 4 heteroatoms. The molecule has 0 heterocycles. The first kappa shape index (κ1) is 15.9. The molecule has 4 nitrogen and oxygen atoms in total. The average Bonchev–Trinajstić information content (AvgIpc) is 2.39. The Balaban J connectivity index is 2.49.